The van der Waals surface area contributed by atoms with E-state index in [0.717, 1.165) is 0 Å². The van der Waals surface area contributed by atoms with E-state index >= 15 is 0 Å². The second kappa shape index (κ2) is 10.6. The molecule has 2 aromatic carbocycles. The average Bonchev–Trinajstić information content (AvgIpc) is 2.77. The van der Waals surface area contributed by atoms with Gasteiger partial charge >= 0.3 is 0 Å². The molecule has 0 spiro atoms. The molecule has 0 aliphatic carbocycles. The Morgan fingerprint density at radius 3 is 1.74 bits per heavy atom. The van der Waals surface area contributed by atoms with Crippen molar-refractivity contribution in [3.8, 4) is 11.5 Å². The highest BCUT2D eigenvalue weighted by Gasteiger charge is 2.27. The second-order valence-corrected chi connectivity index (χ2v) is 10.9. The van der Waals surface area contributed by atoms with Crippen molar-refractivity contribution in [1.82, 2.24) is 5.48 Å². The van der Waals surface area contributed by atoms with E-state index in [0.29, 0.717) is 11.5 Å². The number of sulfone groups is 2. The van der Waals surface area contributed by atoms with Gasteiger partial charge in [0.2, 0.25) is 5.91 Å². The third-order valence-electron chi connectivity index (χ3n) is 4.70. The first-order valence-corrected chi connectivity index (χ1v) is 12.6. The summed E-state index contributed by atoms with van der Waals surface area (Å²) in [6.07, 6.45) is -0.0122. The van der Waals surface area contributed by atoms with Gasteiger partial charge in [0, 0.05) is 0 Å². The first-order valence-electron chi connectivity index (χ1n) is 9.30. The normalized spacial score (nSPS) is 12.7. The van der Waals surface area contributed by atoms with Crippen LogP contribution in [-0.2, 0) is 24.5 Å². The highest BCUT2D eigenvalue weighted by atomic mass is 32.2. The Labute approximate surface area is 181 Å². The number of hydroxylamine groups is 1. The van der Waals surface area contributed by atoms with Crippen molar-refractivity contribution in [2.45, 2.75) is 22.6 Å². The van der Waals surface area contributed by atoms with E-state index in [2.05, 4.69) is 0 Å². The molecule has 2 aromatic rings. The van der Waals surface area contributed by atoms with Gasteiger partial charge in [0.05, 0.1) is 41.4 Å². The third kappa shape index (κ3) is 6.68. The fraction of sp³-hybridized carbons (Fsp3) is 0.350. The third-order valence-corrected chi connectivity index (χ3v) is 8.35. The Bertz CT molecular complexity index is 1080. The standard InChI is InChI=1S/C20H25NO8S2/c1-28-16-5-9-18(10-6-16)30(24,25)13-3-4-15(20(22)21-23)14-31(26,27)19-11-7-17(29-2)8-12-19/h5-12,15,23H,3-4,13-14H2,1-2H3,(H,21,22). The van der Waals surface area contributed by atoms with Gasteiger partial charge in [-0.1, -0.05) is 0 Å². The molecule has 1 amide bonds. The van der Waals surface area contributed by atoms with E-state index < -0.39 is 37.3 Å². The predicted octanol–water partition coefficient (Wildman–Crippen LogP) is 1.85. The molecular formula is C20H25NO8S2. The van der Waals surface area contributed by atoms with Crippen molar-refractivity contribution in [1.29, 1.82) is 0 Å². The second-order valence-electron chi connectivity index (χ2n) is 6.77. The van der Waals surface area contributed by atoms with Gasteiger partial charge in [-0.2, -0.15) is 0 Å². The Morgan fingerprint density at radius 2 is 1.32 bits per heavy atom. The van der Waals surface area contributed by atoms with Crippen molar-refractivity contribution in [3.05, 3.63) is 48.5 Å². The van der Waals surface area contributed by atoms with E-state index in [4.69, 9.17) is 14.7 Å². The maximum absolute atomic E-state index is 12.7. The van der Waals surface area contributed by atoms with Gasteiger partial charge in [0.1, 0.15) is 11.5 Å². The number of benzene rings is 2. The summed E-state index contributed by atoms with van der Waals surface area (Å²) in [6.45, 7) is 0. The SMILES string of the molecule is COc1ccc(S(=O)(=O)CCCC(CS(=O)(=O)c2ccc(OC)cc2)C(=O)NO)cc1. The molecule has 1 unspecified atom stereocenters. The van der Waals surface area contributed by atoms with Crippen LogP contribution in [-0.4, -0.2) is 53.7 Å². The lowest BCUT2D eigenvalue weighted by molar-refractivity contribution is -0.132. The molecule has 0 heterocycles. The molecule has 0 aliphatic heterocycles. The van der Waals surface area contributed by atoms with Crippen LogP contribution < -0.4 is 15.0 Å². The van der Waals surface area contributed by atoms with Crippen LogP contribution in [0.2, 0.25) is 0 Å². The zero-order chi connectivity index (χ0) is 23.1. The van der Waals surface area contributed by atoms with Gasteiger partial charge in [0.15, 0.2) is 19.7 Å². The van der Waals surface area contributed by atoms with Gasteiger partial charge in [-0.3, -0.25) is 10.0 Å². The molecule has 2 N–H and O–H groups in total. The number of hydrogen-bond acceptors (Lipinski definition) is 8. The minimum Gasteiger partial charge on any atom is -0.497 e. The molecule has 0 radical (unpaired) electrons. The summed E-state index contributed by atoms with van der Waals surface area (Å²) in [5.74, 6) is -1.87. The number of hydrogen-bond donors (Lipinski definition) is 2. The van der Waals surface area contributed by atoms with Crippen LogP contribution in [0.25, 0.3) is 0 Å². The van der Waals surface area contributed by atoms with Crippen molar-refractivity contribution in [2.75, 3.05) is 25.7 Å². The smallest absolute Gasteiger partial charge is 0.247 e. The zero-order valence-electron chi connectivity index (χ0n) is 17.1. The molecule has 0 aliphatic rings. The van der Waals surface area contributed by atoms with Crippen LogP contribution in [0.15, 0.2) is 58.3 Å². The minimum atomic E-state index is -3.86. The maximum Gasteiger partial charge on any atom is 0.247 e. The van der Waals surface area contributed by atoms with E-state index in [1.54, 1.807) is 0 Å². The molecule has 2 rings (SSSR count). The van der Waals surface area contributed by atoms with Gasteiger partial charge in [-0.15, -0.1) is 0 Å². The van der Waals surface area contributed by atoms with E-state index in [1.165, 1.54) is 68.2 Å². The fourth-order valence-corrected chi connectivity index (χ4v) is 5.87. The molecule has 9 nitrogen and oxygen atoms in total. The van der Waals surface area contributed by atoms with Crippen molar-refractivity contribution in [3.63, 3.8) is 0 Å². The van der Waals surface area contributed by atoms with Crippen LogP contribution in [0.5, 0.6) is 11.5 Å². The molecule has 0 saturated heterocycles. The lowest BCUT2D eigenvalue weighted by atomic mass is 10.1. The van der Waals surface area contributed by atoms with Gasteiger partial charge in [-0.25, -0.2) is 22.3 Å². The van der Waals surface area contributed by atoms with Gasteiger partial charge < -0.3 is 9.47 Å². The number of carbonyl (C=O) groups excluding carboxylic acids is 1. The lowest BCUT2D eigenvalue weighted by Crippen LogP contribution is -2.33. The van der Waals surface area contributed by atoms with Gasteiger partial charge in [0.25, 0.3) is 0 Å². The van der Waals surface area contributed by atoms with Crippen LogP contribution in [0.1, 0.15) is 12.8 Å². The summed E-state index contributed by atoms with van der Waals surface area (Å²) in [4.78, 5) is 12.1. The van der Waals surface area contributed by atoms with Crippen molar-refractivity contribution < 1.29 is 36.3 Å². The number of ether oxygens (including phenoxy) is 2. The highest BCUT2D eigenvalue weighted by Crippen LogP contribution is 2.22. The molecule has 0 saturated carbocycles. The molecular weight excluding hydrogens is 446 g/mol. The topological polar surface area (TPSA) is 136 Å². The van der Waals surface area contributed by atoms with E-state index in [9.17, 15) is 21.6 Å². The lowest BCUT2D eigenvalue weighted by Gasteiger charge is -2.15. The Kier molecular flexibility index (Phi) is 8.43. The van der Waals surface area contributed by atoms with Crippen molar-refractivity contribution >= 4 is 25.6 Å². The molecule has 0 aromatic heterocycles. The fourth-order valence-electron chi connectivity index (χ4n) is 2.95. The number of rotatable bonds is 11. The highest BCUT2D eigenvalue weighted by molar-refractivity contribution is 7.91. The van der Waals surface area contributed by atoms with Crippen LogP contribution in [0.4, 0.5) is 0 Å². The average molecular weight is 472 g/mol. The largest absolute Gasteiger partial charge is 0.497 e. The first-order chi connectivity index (χ1) is 14.6. The number of amides is 1. The quantitative estimate of drug-likeness (QED) is 0.374. The molecule has 1 atom stereocenters. The molecule has 31 heavy (non-hydrogen) atoms. The Balaban J connectivity index is 2.07. The Morgan fingerprint density at radius 1 is 0.871 bits per heavy atom. The summed E-state index contributed by atoms with van der Waals surface area (Å²) in [5.41, 5.74) is 1.46. The van der Waals surface area contributed by atoms with E-state index in [1.807, 2.05) is 0 Å². The van der Waals surface area contributed by atoms with E-state index in [-0.39, 0.29) is 28.4 Å². The van der Waals surface area contributed by atoms with Crippen LogP contribution >= 0.6 is 0 Å². The summed E-state index contributed by atoms with van der Waals surface area (Å²) in [5, 5.41) is 8.99. The molecule has 11 heteroatoms. The summed E-state index contributed by atoms with van der Waals surface area (Å²) in [6, 6.07) is 11.6. The number of methoxy groups -OCH3 is 2. The van der Waals surface area contributed by atoms with Crippen LogP contribution in [0, 0.1) is 5.92 Å². The molecule has 0 fully saturated rings. The molecule has 0 bridgehead atoms. The minimum absolute atomic E-state index is 0.00473. The summed E-state index contributed by atoms with van der Waals surface area (Å²) in [7, 11) is -4.57. The number of carbonyl (C=O) groups is 1. The van der Waals surface area contributed by atoms with Gasteiger partial charge in [-0.05, 0) is 61.4 Å². The zero-order valence-corrected chi connectivity index (χ0v) is 18.8. The van der Waals surface area contributed by atoms with Crippen LogP contribution in [0.3, 0.4) is 0 Å². The number of nitrogens with one attached hydrogen (secondary N) is 1. The first kappa shape index (κ1) is 24.6. The summed E-state index contributed by atoms with van der Waals surface area (Å²) < 4.78 is 60.3. The maximum atomic E-state index is 12.7. The Hall–Kier alpha value is -2.63. The molecule has 170 valence electrons. The predicted molar refractivity (Wildman–Crippen MR) is 113 cm³/mol. The summed E-state index contributed by atoms with van der Waals surface area (Å²) >= 11 is 0. The monoisotopic (exact) mass is 471 g/mol. The van der Waals surface area contributed by atoms with Crippen molar-refractivity contribution in [2.24, 2.45) is 5.92 Å².